The Labute approximate surface area is 202 Å². The largest absolute Gasteiger partial charge is 0.389 e. The molecular formula is C20H22ClN5OS4. The van der Waals surface area contributed by atoms with E-state index >= 15 is 0 Å². The minimum atomic E-state index is -0.0417. The lowest BCUT2D eigenvalue weighted by atomic mass is 9.84. The number of rotatable bonds is 10. The molecule has 3 unspecified atom stereocenters. The molecule has 3 aromatic heterocycles. The van der Waals surface area contributed by atoms with Crippen LogP contribution in [-0.2, 0) is 24.1 Å². The van der Waals surface area contributed by atoms with Crippen LogP contribution in [0.4, 0.5) is 10.1 Å². The number of nitrogens with zero attached hydrogens (tertiary/aromatic N) is 3. The fourth-order valence-corrected chi connectivity index (χ4v) is 8.21. The Kier molecular flexibility index (Phi) is 6.26. The van der Waals surface area contributed by atoms with Crippen LogP contribution in [0.5, 0.6) is 0 Å². The minimum Gasteiger partial charge on any atom is -0.389 e. The molecule has 2 saturated carbocycles. The molecular weight excluding hydrogens is 490 g/mol. The summed E-state index contributed by atoms with van der Waals surface area (Å²) in [6, 6.07) is 4.23. The molecule has 0 saturated heterocycles. The van der Waals surface area contributed by atoms with E-state index < -0.39 is 0 Å². The van der Waals surface area contributed by atoms with Crippen LogP contribution < -0.4 is 11.1 Å². The minimum absolute atomic E-state index is 0.0417. The van der Waals surface area contributed by atoms with Gasteiger partial charge in [0.2, 0.25) is 11.0 Å². The summed E-state index contributed by atoms with van der Waals surface area (Å²) in [5, 5.41) is 14.6. The van der Waals surface area contributed by atoms with Crippen molar-refractivity contribution in [1.82, 2.24) is 15.2 Å². The molecule has 3 atom stereocenters. The molecule has 3 aromatic rings. The lowest BCUT2D eigenvalue weighted by molar-refractivity contribution is -0.115. The molecule has 3 N–H and O–H groups in total. The van der Waals surface area contributed by atoms with E-state index in [1.165, 1.54) is 16.2 Å². The Morgan fingerprint density at radius 2 is 2.03 bits per heavy atom. The summed E-state index contributed by atoms with van der Waals surface area (Å²) in [4.78, 5) is 19.2. The highest BCUT2D eigenvalue weighted by atomic mass is 35.5. The topological polar surface area (TPSA) is 93.8 Å². The number of alkyl halides is 1. The third kappa shape index (κ3) is 5.08. The van der Waals surface area contributed by atoms with Crippen LogP contribution in [0.3, 0.4) is 0 Å². The second-order valence-corrected chi connectivity index (χ2v) is 13.3. The second kappa shape index (κ2) is 8.97. The molecule has 0 aromatic carbocycles. The van der Waals surface area contributed by atoms with Gasteiger partial charge in [-0.3, -0.25) is 4.79 Å². The van der Waals surface area contributed by atoms with E-state index in [0.29, 0.717) is 23.4 Å². The standard InChI is InChI=1S/C20H22ClN5OS4/c21-20-8-12(13(20)9-20)14-2-1-11(29-14)7-16(27)24-19-26-25-18(31-19)4-6-28-5-3-17-23-10-15(22)30-17/h1-2,10,12-13H,3-9,22H2,(H,24,26,27). The van der Waals surface area contributed by atoms with Gasteiger partial charge in [-0.1, -0.05) is 11.3 Å². The molecule has 1 amide bonds. The summed E-state index contributed by atoms with van der Waals surface area (Å²) in [7, 11) is 0. The molecule has 0 bridgehead atoms. The van der Waals surface area contributed by atoms with Gasteiger partial charge >= 0.3 is 0 Å². The molecule has 2 aliphatic carbocycles. The van der Waals surface area contributed by atoms with E-state index in [1.54, 1.807) is 28.9 Å². The average molecular weight is 512 g/mol. The second-order valence-electron chi connectivity index (χ2n) is 7.95. The predicted octanol–water partition coefficient (Wildman–Crippen LogP) is 4.82. The van der Waals surface area contributed by atoms with Gasteiger partial charge in [-0.15, -0.1) is 44.5 Å². The quantitative estimate of drug-likeness (QED) is 0.299. The Hall–Kier alpha value is -1.20. The summed E-state index contributed by atoms with van der Waals surface area (Å²) in [6.07, 6.45) is 6.09. The maximum atomic E-state index is 12.4. The van der Waals surface area contributed by atoms with Crippen molar-refractivity contribution >= 4 is 73.4 Å². The number of hydrogen-bond donors (Lipinski definition) is 2. The molecule has 0 spiro atoms. The number of thioether (sulfide) groups is 1. The zero-order valence-corrected chi connectivity index (χ0v) is 20.7. The number of halogens is 1. The number of anilines is 2. The number of nitrogen functional groups attached to an aromatic ring is 1. The van der Waals surface area contributed by atoms with E-state index in [4.69, 9.17) is 17.3 Å². The van der Waals surface area contributed by atoms with Crippen molar-refractivity contribution in [2.75, 3.05) is 22.6 Å². The lowest BCUT2D eigenvalue weighted by Gasteiger charge is -2.29. The van der Waals surface area contributed by atoms with Crippen molar-refractivity contribution in [3.8, 4) is 0 Å². The number of nitrogens with one attached hydrogen (secondary N) is 1. The number of aromatic nitrogens is 3. The SMILES string of the molecule is Nc1cnc(CCSCCc2nnc(NC(=O)Cc3ccc(C4CC5(Cl)CC45)s3)s2)s1. The van der Waals surface area contributed by atoms with Crippen LogP contribution in [-0.4, -0.2) is 37.5 Å². The van der Waals surface area contributed by atoms with Crippen molar-refractivity contribution in [2.45, 2.75) is 42.9 Å². The van der Waals surface area contributed by atoms with E-state index in [2.05, 4.69) is 32.6 Å². The van der Waals surface area contributed by atoms with Crippen LogP contribution in [0.2, 0.25) is 0 Å². The first-order chi connectivity index (χ1) is 15.0. The van der Waals surface area contributed by atoms with E-state index in [1.807, 2.05) is 11.8 Å². The van der Waals surface area contributed by atoms with Crippen LogP contribution in [0.15, 0.2) is 18.3 Å². The molecule has 164 valence electrons. The molecule has 0 aliphatic heterocycles. The molecule has 0 radical (unpaired) electrons. The fourth-order valence-electron chi connectivity index (χ4n) is 3.97. The third-order valence-corrected chi connectivity index (χ3v) is 10.3. The molecule has 2 aliphatic rings. The Morgan fingerprint density at radius 1 is 1.19 bits per heavy atom. The van der Waals surface area contributed by atoms with Crippen LogP contribution >= 0.6 is 57.4 Å². The fraction of sp³-hybridized carbons (Fsp3) is 0.500. The molecule has 3 heterocycles. The maximum Gasteiger partial charge on any atom is 0.231 e. The molecule has 2 fully saturated rings. The molecule has 6 nitrogen and oxygen atoms in total. The van der Waals surface area contributed by atoms with Gasteiger partial charge in [0.1, 0.15) is 10.0 Å². The molecule has 11 heteroatoms. The summed E-state index contributed by atoms with van der Waals surface area (Å²) in [6.45, 7) is 0. The zero-order chi connectivity index (χ0) is 21.4. The lowest BCUT2D eigenvalue weighted by Crippen LogP contribution is -2.23. The summed E-state index contributed by atoms with van der Waals surface area (Å²) >= 11 is 13.0. The summed E-state index contributed by atoms with van der Waals surface area (Å²) in [5.74, 6) is 3.18. The van der Waals surface area contributed by atoms with Crippen LogP contribution in [0.1, 0.15) is 38.5 Å². The van der Waals surface area contributed by atoms with Gasteiger partial charge < -0.3 is 11.1 Å². The van der Waals surface area contributed by atoms with Crippen molar-refractivity contribution in [3.63, 3.8) is 0 Å². The molecule has 5 rings (SSSR count). The van der Waals surface area contributed by atoms with Gasteiger partial charge in [0.05, 0.1) is 17.6 Å². The number of carbonyl (C=O) groups is 1. The van der Waals surface area contributed by atoms with Crippen molar-refractivity contribution < 1.29 is 4.79 Å². The first-order valence-corrected chi connectivity index (χ1v) is 14.1. The van der Waals surface area contributed by atoms with Crippen LogP contribution in [0.25, 0.3) is 0 Å². The number of nitrogens with two attached hydrogens (primary N) is 1. The van der Waals surface area contributed by atoms with Gasteiger partial charge in [-0.2, -0.15) is 11.8 Å². The molecule has 31 heavy (non-hydrogen) atoms. The van der Waals surface area contributed by atoms with Gasteiger partial charge in [0.25, 0.3) is 0 Å². The Balaban J connectivity index is 1.02. The van der Waals surface area contributed by atoms with E-state index in [0.717, 1.165) is 57.1 Å². The number of thiophene rings is 1. The number of thiazole rings is 1. The van der Waals surface area contributed by atoms with Crippen molar-refractivity contribution in [2.24, 2.45) is 5.92 Å². The van der Waals surface area contributed by atoms with Gasteiger partial charge in [0, 0.05) is 27.5 Å². The average Bonchev–Trinajstić information content (AvgIpc) is 3.26. The number of aryl methyl sites for hydroxylation is 2. The maximum absolute atomic E-state index is 12.4. The summed E-state index contributed by atoms with van der Waals surface area (Å²) < 4.78 is 0. The van der Waals surface area contributed by atoms with Crippen molar-refractivity contribution in [3.05, 3.63) is 38.1 Å². The van der Waals surface area contributed by atoms with Gasteiger partial charge in [0.15, 0.2) is 0 Å². The van der Waals surface area contributed by atoms with Gasteiger partial charge in [-0.05, 0) is 48.3 Å². The summed E-state index contributed by atoms with van der Waals surface area (Å²) in [5.41, 5.74) is 5.70. The first-order valence-electron chi connectivity index (χ1n) is 10.2. The van der Waals surface area contributed by atoms with E-state index in [-0.39, 0.29) is 10.8 Å². The zero-order valence-electron chi connectivity index (χ0n) is 16.7. The highest BCUT2D eigenvalue weighted by molar-refractivity contribution is 7.99. The number of carbonyl (C=O) groups excluding carboxylic acids is 1. The van der Waals surface area contributed by atoms with E-state index in [9.17, 15) is 4.79 Å². The first kappa shape index (κ1) is 21.6. The Bertz CT molecular complexity index is 1080. The Morgan fingerprint density at radius 3 is 2.74 bits per heavy atom. The van der Waals surface area contributed by atoms with Crippen molar-refractivity contribution in [1.29, 1.82) is 0 Å². The third-order valence-electron chi connectivity index (χ3n) is 5.70. The number of hydrogen-bond acceptors (Lipinski definition) is 9. The van der Waals surface area contributed by atoms with Gasteiger partial charge in [-0.25, -0.2) is 4.98 Å². The number of amides is 1. The highest BCUT2D eigenvalue weighted by Crippen LogP contribution is 2.71. The number of fused-ring (bicyclic) bond motifs is 1. The smallest absolute Gasteiger partial charge is 0.231 e. The predicted molar refractivity (Wildman–Crippen MR) is 132 cm³/mol. The monoisotopic (exact) mass is 511 g/mol. The van der Waals surface area contributed by atoms with Crippen LogP contribution in [0, 0.1) is 5.92 Å². The normalized spacial score (nSPS) is 23.9. The highest BCUT2D eigenvalue weighted by Gasteiger charge is 2.66.